The number of aliphatic carboxylic acids is 1. The second kappa shape index (κ2) is 6.40. The highest BCUT2D eigenvalue weighted by Gasteiger charge is 2.23. The fourth-order valence-corrected chi connectivity index (χ4v) is 1.55. The minimum Gasteiger partial charge on any atom is -0.480 e. The van der Waals surface area contributed by atoms with Gasteiger partial charge in [-0.3, -0.25) is 9.59 Å². The minimum absolute atomic E-state index is 0.178. The summed E-state index contributed by atoms with van der Waals surface area (Å²) in [4.78, 5) is 21.5. The van der Waals surface area contributed by atoms with E-state index in [9.17, 15) is 18.0 Å². The molecule has 3 N–H and O–H groups in total. The number of nitrogens with one attached hydrogen (secondary N) is 2. The van der Waals surface area contributed by atoms with Gasteiger partial charge in [-0.2, -0.15) is 13.1 Å². The predicted molar refractivity (Wildman–Crippen MR) is 53.8 cm³/mol. The first kappa shape index (κ1) is 14.8. The van der Waals surface area contributed by atoms with Crippen LogP contribution in [0.15, 0.2) is 0 Å². The standard InChI is InChI=1S/C7H14N2O6S/c1-8-16(13,14)9-5(7(11)12)3-4-6(10)15-2/h5,8-9H,3-4H2,1-2H3,(H,11,12)/t5-/m1/s1. The zero-order valence-electron chi connectivity index (χ0n) is 8.89. The average Bonchev–Trinajstić information content (AvgIpc) is 2.23. The van der Waals surface area contributed by atoms with Crippen LogP contribution in [0.2, 0.25) is 0 Å². The van der Waals surface area contributed by atoms with Crippen LogP contribution in [-0.2, 0) is 24.5 Å². The van der Waals surface area contributed by atoms with Gasteiger partial charge >= 0.3 is 11.9 Å². The van der Waals surface area contributed by atoms with Gasteiger partial charge in [0.05, 0.1) is 7.11 Å². The Morgan fingerprint density at radius 1 is 1.44 bits per heavy atom. The summed E-state index contributed by atoms with van der Waals surface area (Å²) in [6.07, 6.45) is -0.359. The van der Waals surface area contributed by atoms with Crippen LogP contribution in [0.3, 0.4) is 0 Å². The largest absolute Gasteiger partial charge is 0.480 e. The maximum Gasteiger partial charge on any atom is 0.321 e. The van der Waals surface area contributed by atoms with Gasteiger partial charge in [0.1, 0.15) is 6.04 Å². The molecule has 0 unspecified atom stereocenters. The number of rotatable bonds is 7. The molecular weight excluding hydrogens is 240 g/mol. The van der Waals surface area contributed by atoms with Gasteiger partial charge in [0.15, 0.2) is 0 Å². The Kier molecular flexibility index (Phi) is 5.93. The molecule has 0 heterocycles. The van der Waals surface area contributed by atoms with E-state index >= 15 is 0 Å². The van der Waals surface area contributed by atoms with Crippen LogP contribution in [0.4, 0.5) is 0 Å². The summed E-state index contributed by atoms with van der Waals surface area (Å²) in [5.74, 6) is -1.96. The zero-order chi connectivity index (χ0) is 12.8. The molecular formula is C7H14N2O6S. The van der Waals surface area contributed by atoms with Crippen LogP contribution < -0.4 is 9.44 Å². The van der Waals surface area contributed by atoms with E-state index in [0.29, 0.717) is 0 Å². The van der Waals surface area contributed by atoms with E-state index in [0.717, 1.165) is 14.2 Å². The normalized spacial score (nSPS) is 13.1. The Balaban J connectivity index is 4.41. The number of hydrogen-bond acceptors (Lipinski definition) is 5. The predicted octanol–water partition coefficient (Wildman–Crippen LogP) is -1.55. The molecule has 0 aromatic heterocycles. The quantitative estimate of drug-likeness (QED) is 0.473. The van der Waals surface area contributed by atoms with Gasteiger partial charge in [-0.15, -0.1) is 0 Å². The van der Waals surface area contributed by atoms with Crippen molar-refractivity contribution in [2.75, 3.05) is 14.2 Å². The first-order valence-electron chi connectivity index (χ1n) is 4.32. The Labute approximate surface area is 93.2 Å². The molecule has 0 rings (SSSR count). The van der Waals surface area contributed by atoms with Crippen molar-refractivity contribution >= 4 is 22.1 Å². The molecule has 0 bridgehead atoms. The lowest BCUT2D eigenvalue weighted by Crippen LogP contribution is -2.45. The number of esters is 1. The number of carbonyl (C=O) groups is 2. The molecule has 0 aromatic carbocycles. The Hall–Kier alpha value is -1.19. The van der Waals surface area contributed by atoms with Crippen molar-refractivity contribution in [3.05, 3.63) is 0 Å². The number of hydrogen-bond donors (Lipinski definition) is 3. The molecule has 0 saturated carbocycles. The summed E-state index contributed by atoms with van der Waals surface area (Å²) < 4.78 is 30.2. The molecule has 16 heavy (non-hydrogen) atoms. The average molecular weight is 254 g/mol. The molecule has 0 radical (unpaired) electrons. The van der Waals surface area contributed by atoms with Crippen molar-refractivity contribution in [3.8, 4) is 0 Å². The molecule has 0 aliphatic carbocycles. The van der Waals surface area contributed by atoms with Gasteiger partial charge in [-0.1, -0.05) is 0 Å². The number of carboxylic acid groups (broad SMARTS) is 1. The molecule has 9 heteroatoms. The van der Waals surface area contributed by atoms with Gasteiger partial charge in [0.2, 0.25) is 0 Å². The molecule has 94 valence electrons. The fourth-order valence-electron chi connectivity index (χ4n) is 0.843. The van der Waals surface area contributed by atoms with Gasteiger partial charge in [0.25, 0.3) is 10.2 Å². The molecule has 1 atom stereocenters. The smallest absolute Gasteiger partial charge is 0.321 e. The van der Waals surface area contributed by atoms with Crippen LogP contribution in [0.5, 0.6) is 0 Å². The lowest BCUT2D eigenvalue weighted by molar-refractivity contribution is -0.142. The topological polar surface area (TPSA) is 122 Å². The van der Waals surface area contributed by atoms with E-state index in [1.165, 1.54) is 0 Å². The molecule has 0 aliphatic rings. The van der Waals surface area contributed by atoms with Crippen LogP contribution in [0, 0.1) is 0 Å². The Morgan fingerprint density at radius 3 is 2.38 bits per heavy atom. The van der Waals surface area contributed by atoms with E-state index in [1.54, 1.807) is 0 Å². The summed E-state index contributed by atoms with van der Waals surface area (Å²) in [5.41, 5.74) is 0. The number of carboxylic acids is 1. The monoisotopic (exact) mass is 254 g/mol. The maximum atomic E-state index is 11.0. The molecule has 0 aromatic rings. The SMILES string of the molecule is CNS(=O)(=O)N[C@H](CCC(=O)OC)C(=O)O. The second-order valence-corrected chi connectivity index (χ2v) is 4.48. The van der Waals surface area contributed by atoms with E-state index in [1.807, 2.05) is 9.44 Å². The summed E-state index contributed by atoms with van der Waals surface area (Å²) >= 11 is 0. The second-order valence-electron chi connectivity index (χ2n) is 2.83. The van der Waals surface area contributed by atoms with Crippen molar-refractivity contribution in [1.29, 1.82) is 0 Å². The van der Waals surface area contributed by atoms with Gasteiger partial charge < -0.3 is 9.84 Å². The number of ether oxygens (including phenoxy) is 1. The molecule has 0 amide bonds. The highest BCUT2D eigenvalue weighted by molar-refractivity contribution is 7.87. The maximum absolute atomic E-state index is 11.0. The van der Waals surface area contributed by atoms with E-state index < -0.39 is 28.2 Å². The third kappa shape index (κ3) is 5.63. The summed E-state index contributed by atoms with van der Waals surface area (Å²) in [6.45, 7) is 0. The summed E-state index contributed by atoms with van der Waals surface area (Å²) in [6, 6.07) is -1.36. The van der Waals surface area contributed by atoms with Crippen LogP contribution >= 0.6 is 0 Å². The van der Waals surface area contributed by atoms with Crippen molar-refractivity contribution in [1.82, 2.24) is 9.44 Å². The van der Waals surface area contributed by atoms with Crippen molar-refractivity contribution in [2.24, 2.45) is 0 Å². The summed E-state index contributed by atoms with van der Waals surface area (Å²) in [7, 11) is -1.55. The molecule has 0 spiro atoms. The van der Waals surface area contributed by atoms with Gasteiger partial charge in [-0.05, 0) is 6.42 Å². The van der Waals surface area contributed by atoms with Crippen LogP contribution in [-0.4, -0.2) is 45.7 Å². The minimum atomic E-state index is -3.85. The first-order valence-corrected chi connectivity index (χ1v) is 5.81. The van der Waals surface area contributed by atoms with Crippen molar-refractivity contribution in [2.45, 2.75) is 18.9 Å². The van der Waals surface area contributed by atoms with E-state index in [2.05, 4.69) is 4.74 Å². The number of methoxy groups -OCH3 is 1. The fraction of sp³-hybridized carbons (Fsp3) is 0.714. The zero-order valence-corrected chi connectivity index (χ0v) is 9.70. The number of carbonyl (C=O) groups excluding carboxylic acids is 1. The Morgan fingerprint density at radius 2 is 2.00 bits per heavy atom. The van der Waals surface area contributed by atoms with Gasteiger partial charge in [0, 0.05) is 13.5 Å². The Bertz CT molecular complexity index is 352. The van der Waals surface area contributed by atoms with E-state index in [4.69, 9.17) is 5.11 Å². The lowest BCUT2D eigenvalue weighted by Gasteiger charge is -2.13. The first-order chi connectivity index (χ1) is 7.32. The van der Waals surface area contributed by atoms with Crippen molar-refractivity contribution < 1.29 is 27.9 Å². The molecule has 8 nitrogen and oxygen atoms in total. The van der Waals surface area contributed by atoms with Crippen LogP contribution in [0.25, 0.3) is 0 Å². The summed E-state index contributed by atoms with van der Waals surface area (Å²) in [5, 5.41) is 8.71. The third-order valence-electron chi connectivity index (χ3n) is 1.73. The third-order valence-corrected chi connectivity index (χ3v) is 2.86. The molecule has 0 saturated heterocycles. The molecule has 0 aliphatic heterocycles. The van der Waals surface area contributed by atoms with Crippen LogP contribution in [0.1, 0.15) is 12.8 Å². The highest BCUT2D eigenvalue weighted by atomic mass is 32.2. The highest BCUT2D eigenvalue weighted by Crippen LogP contribution is 2.00. The van der Waals surface area contributed by atoms with Gasteiger partial charge in [-0.25, -0.2) is 4.72 Å². The lowest BCUT2D eigenvalue weighted by atomic mass is 10.2. The van der Waals surface area contributed by atoms with Crippen molar-refractivity contribution in [3.63, 3.8) is 0 Å². The van der Waals surface area contributed by atoms with E-state index in [-0.39, 0.29) is 12.8 Å². The molecule has 0 fully saturated rings.